The Morgan fingerprint density at radius 1 is 0.914 bits per heavy atom. The maximum Gasteiger partial charge on any atom is 0.260 e. The molecular formula is C29H27NO4S. The van der Waals surface area contributed by atoms with Gasteiger partial charge in [-0.3, -0.25) is 0 Å². The fraction of sp³-hybridized carbons (Fsp3) is 0.414. The first kappa shape index (κ1) is 21.6. The Bertz CT molecular complexity index is 1310. The van der Waals surface area contributed by atoms with Gasteiger partial charge in [0.15, 0.2) is 5.60 Å². The number of benzene rings is 2. The zero-order valence-corrected chi connectivity index (χ0v) is 20.4. The van der Waals surface area contributed by atoms with E-state index >= 15 is 0 Å². The van der Waals surface area contributed by atoms with Gasteiger partial charge in [0.1, 0.15) is 5.75 Å². The second kappa shape index (κ2) is 7.65. The highest BCUT2D eigenvalue weighted by atomic mass is 32.1. The van der Waals surface area contributed by atoms with Crippen LogP contribution in [-0.2, 0) is 20.3 Å². The molecule has 2 heterocycles. The number of phenols is 1. The predicted octanol–water partition coefficient (Wildman–Crippen LogP) is 6.62. The molecular weight excluding hydrogens is 458 g/mol. The van der Waals surface area contributed by atoms with Crippen LogP contribution in [0.25, 0.3) is 20.9 Å². The number of ether oxygens (including phenoxy) is 1. The van der Waals surface area contributed by atoms with Gasteiger partial charge < -0.3 is 9.84 Å². The molecule has 178 valence electrons. The minimum atomic E-state index is -0.977. The molecule has 6 heteroatoms. The van der Waals surface area contributed by atoms with E-state index < -0.39 is 11.4 Å². The summed E-state index contributed by atoms with van der Waals surface area (Å²) >= 11 is 1.62. The van der Waals surface area contributed by atoms with Gasteiger partial charge in [-0.05, 0) is 97.7 Å². The number of thiophene rings is 1. The molecule has 1 saturated heterocycles. The van der Waals surface area contributed by atoms with Crippen LogP contribution >= 0.6 is 11.3 Å². The predicted molar refractivity (Wildman–Crippen MR) is 132 cm³/mol. The normalized spacial score (nSPS) is 34.6. The molecule has 35 heavy (non-hydrogen) atoms. The lowest BCUT2D eigenvalue weighted by atomic mass is 9.47. The van der Waals surface area contributed by atoms with Crippen molar-refractivity contribution in [3.05, 3.63) is 65.7 Å². The van der Waals surface area contributed by atoms with Crippen LogP contribution in [0.4, 0.5) is 0 Å². The minimum absolute atomic E-state index is 0.210. The quantitative estimate of drug-likeness (QED) is 0.421. The van der Waals surface area contributed by atoms with Crippen molar-refractivity contribution in [2.45, 2.75) is 43.5 Å². The number of nitriles is 1. The largest absolute Gasteiger partial charge is 0.507 e. The second-order valence-electron chi connectivity index (χ2n) is 10.7. The van der Waals surface area contributed by atoms with Crippen LogP contribution in [-0.4, -0.2) is 17.8 Å². The Morgan fingerprint density at radius 2 is 1.60 bits per heavy atom. The van der Waals surface area contributed by atoms with E-state index in [0.717, 1.165) is 38.3 Å². The molecule has 4 aliphatic carbocycles. The van der Waals surface area contributed by atoms with Gasteiger partial charge in [0.25, 0.3) is 5.79 Å². The molecule has 1 atom stereocenters. The number of hydrogen-bond donors (Lipinski definition) is 1. The summed E-state index contributed by atoms with van der Waals surface area (Å²) in [6.45, 7) is 0. The molecule has 1 N–H and O–H groups in total. The molecule has 5 fully saturated rings. The van der Waals surface area contributed by atoms with Crippen molar-refractivity contribution in [2.24, 2.45) is 23.7 Å². The summed E-state index contributed by atoms with van der Waals surface area (Å²) in [6, 6.07) is 19.6. The molecule has 3 aromatic rings. The first-order valence-corrected chi connectivity index (χ1v) is 13.2. The van der Waals surface area contributed by atoms with E-state index in [1.165, 1.54) is 32.1 Å². The molecule has 1 aromatic heterocycles. The highest BCUT2D eigenvalue weighted by molar-refractivity contribution is 7.18. The molecule has 2 aromatic carbocycles. The zero-order chi connectivity index (χ0) is 23.8. The van der Waals surface area contributed by atoms with Crippen molar-refractivity contribution in [3.63, 3.8) is 0 Å². The molecule has 1 aliphatic heterocycles. The Labute approximate surface area is 208 Å². The summed E-state index contributed by atoms with van der Waals surface area (Å²) in [5.74, 6) is 1.71. The van der Waals surface area contributed by atoms with E-state index in [9.17, 15) is 5.11 Å². The zero-order valence-electron chi connectivity index (χ0n) is 19.6. The lowest BCUT2D eigenvalue weighted by Gasteiger charge is -2.68. The van der Waals surface area contributed by atoms with E-state index in [-0.39, 0.29) is 5.75 Å². The van der Waals surface area contributed by atoms with Gasteiger partial charge in [-0.25, -0.2) is 4.89 Å². The second-order valence-corrected chi connectivity index (χ2v) is 11.8. The Morgan fingerprint density at radius 3 is 2.17 bits per heavy atom. The average Bonchev–Trinajstić information content (AvgIpc) is 3.34. The minimum Gasteiger partial charge on any atom is -0.507 e. The van der Waals surface area contributed by atoms with E-state index in [4.69, 9.17) is 19.8 Å². The molecule has 0 amide bonds. The van der Waals surface area contributed by atoms with Crippen LogP contribution in [0.5, 0.6) is 5.75 Å². The topological polar surface area (TPSA) is 71.7 Å². The van der Waals surface area contributed by atoms with E-state index in [1.54, 1.807) is 24.5 Å². The first-order chi connectivity index (χ1) is 17.1. The SMILES string of the molecule is COC1(c2ccc(-c3ccc(-c4ccc(C#N)cc4)s3)c(O)c2)OOC12C1CC3CC(C1)CC2C3. The van der Waals surface area contributed by atoms with Crippen molar-refractivity contribution in [3.8, 4) is 32.7 Å². The molecule has 1 spiro atoms. The number of methoxy groups -OCH3 is 1. The van der Waals surface area contributed by atoms with Crippen molar-refractivity contribution in [1.29, 1.82) is 5.26 Å². The van der Waals surface area contributed by atoms with Gasteiger partial charge in [-0.2, -0.15) is 10.1 Å². The molecule has 4 saturated carbocycles. The number of aromatic hydroxyl groups is 1. The third-order valence-corrected chi connectivity index (χ3v) is 10.2. The third kappa shape index (κ3) is 2.90. The Hall–Kier alpha value is -2.69. The van der Waals surface area contributed by atoms with Gasteiger partial charge in [0, 0.05) is 28.0 Å². The molecule has 5 nitrogen and oxygen atoms in total. The highest BCUT2D eigenvalue weighted by Gasteiger charge is 2.76. The van der Waals surface area contributed by atoms with Crippen LogP contribution in [0.2, 0.25) is 0 Å². The summed E-state index contributed by atoms with van der Waals surface area (Å²) in [4.78, 5) is 14.0. The molecule has 0 radical (unpaired) electrons. The summed E-state index contributed by atoms with van der Waals surface area (Å²) in [7, 11) is 1.70. The van der Waals surface area contributed by atoms with Crippen LogP contribution in [0.3, 0.4) is 0 Å². The maximum atomic E-state index is 11.1. The molecule has 5 aliphatic rings. The van der Waals surface area contributed by atoms with Crippen LogP contribution in [0, 0.1) is 35.0 Å². The fourth-order valence-corrected chi connectivity index (χ4v) is 8.69. The van der Waals surface area contributed by atoms with Gasteiger partial charge in [-0.15, -0.1) is 11.3 Å². The van der Waals surface area contributed by atoms with Crippen LogP contribution in [0.15, 0.2) is 54.6 Å². The van der Waals surface area contributed by atoms with E-state index in [0.29, 0.717) is 17.4 Å². The van der Waals surface area contributed by atoms with Gasteiger partial charge in [0.05, 0.1) is 11.6 Å². The summed E-state index contributed by atoms with van der Waals surface area (Å²) in [5.41, 5.74) is 2.84. The standard InChI is InChI=1S/C29H27NO4S/c1-32-29(28(33-34-29)22-11-18-10-19(13-22)14-23(28)12-18)21-6-7-24(25(31)15-21)27-9-8-26(35-27)20-4-2-17(16-30)3-5-20/h2-9,15,18-19,22-23,31H,10-14H2,1H3. The lowest BCUT2D eigenvalue weighted by Crippen LogP contribution is -2.76. The Kier molecular flexibility index (Phi) is 4.72. The van der Waals surface area contributed by atoms with Crippen molar-refractivity contribution in [2.75, 3.05) is 7.11 Å². The number of phenolic OH excluding ortho intramolecular Hbond substituents is 1. The van der Waals surface area contributed by atoms with Gasteiger partial charge >= 0.3 is 0 Å². The van der Waals surface area contributed by atoms with E-state index in [2.05, 4.69) is 12.1 Å². The number of nitrogens with zero attached hydrogens (tertiary/aromatic N) is 1. The number of rotatable bonds is 4. The highest BCUT2D eigenvalue weighted by Crippen LogP contribution is 2.69. The fourth-order valence-electron chi connectivity index (χ4n) is 7.65. The maximum absolute atomic E-state index is 11.1. The molecule has 4 bridgehead atoms. The summed E-state index contributed by atoms with van der Waals surface area (Å²) < 4.78 is 6.14. The number of hydrogen-bond acceptors (Lipinski definition) is 6. The van der Waals surface area contributed by atoms with Crippen LogP contribution in [0.1, 0.15) is 43.2 Å². The monoisotopic (exact) mass is 485 g/mol. The summed E-state index contributed by atoms with van der Waals surface area (Å²) in [6.07, 6.45) is 6.08. The molecule has 1 unspecified atom stereocenters. The van der Waals surface area contributed by atoms with Gasteiger partial charge in [0.2, 0.25) is 0 Å². The van der Waals surface area contributed by atoms with E-state index in [1.807, 2.05) is 42.5 Å². The Balaban J connectivity index is 1.22. The summed E-state index contributed by atoms with van der Waals surface area (Å²) in [5, 5.41) is 20.2. The third-order valence-electron chi connectivity index (χ3n) is 9.00. The van der Waals surface area contributed by atoms with Crippen molar-refractivity contribution >= 4 is 11.3 Å². The van der Waals surface area contributed by atoms with Crippen molar-refractivity contribution in [1.82, 2.24) is 0 Å². The van der Waals surface area contributed by atoms with Crippen molar-refractivity contribution < 1.29 is 19.6 Å². The first-order valence-electron chi connectivity index (χ1n) is 12.4. The molecule has 8 rings (SSSR count). The lowest BCUT2D eigenvalue weighted by molar-refractivity contribution is -0.645. The average molecular weight is 486 g/mol. The van der Waals surface area contributed by atoms with Crippen LogP contribution < -0.4 is 0 Å². The van der Waals surface area contributed by atoms with Gasteiger partial charge in [-0.1, -0.05) is 18.2 Å². The smallest absolute Gasteiger partial charge is 0.260 e.